The minimum absolute atomic E-state index is 0. The van der Waals surface area contributed by atoms with E-state index in [1.807, 2.05) is 0 Å². The van der Waals surface area contributed by atoms with Gasteiger partial charge in [-0.05, 0) is 19.8 Å². The number of hydrogen-bond acceptors (Lipinski definition) is 3. The third-order valence-electron chi connectivity index (χ3n) is 4.18. The van der Waals surface area contributed by atoms with Gasteiger partial charge in [-0.1, -0.05) is 19.3 Å². The highest BCUT2D eigenvalue weighted by molar-refractivity contribution is 5.85. The predicted octanol–water partition coefficient (Wildman–Crippen LogP) is 2.05. The summed E-state index contributed by atoms with van der Waals surface area (Å²) in [4.78, 5) is 2.69. The number of piperazine rings is 1. The van der Waals surface area contributed by atoms with E-state index in [2.05, 4.69) is 17.1 Å². The fourth-order valence-electron chi connectivity index (χ4n) is 3.26. The van der Waals surface area contributed by atoms with Crippen molar-refractivity contribution in [3.05, 3.63) is 0 Å². The molecule has 1 aliphatic carbocycles. The summed E-state index contributed by atoms with van der Waals surface area (Å²) in [6.45, 7) is 8.49. The van der Waals surface area contributed by atoms with E-state index in [9.17, 15) is 0 Å². The number of rotatable bonds is 4. The number of hydrogen-bond donors (Lipinski definition) is 1. The minimum Gasteiger partial charge on any atom is -0.380 e. The van der Waals surface area contributed by atoms with Crippen molar-refractivity contribution in [2.24, 2.45) is 0 Å². The second-order valence-corrected chi connectivity index (χ2v) is 5.15. The SMILES string of the molecule is CCOCCN1CCNCC12CCCCC2.Cl. The molecule has 1 N–H and O–H groups in total. The zero-order valence-corrected chi connectivity index (χ0v) is 11.9. The van der Waals surface area contributed by atoms with E-state index in [4.69, 9.17) is 4.74 Å². The maximum atomic E-state index is 5.51. The zero-order chi connectivity index (χ0) is 11.3. The number of ether oxygens (including phenoxy) is 1. The van der Waals surface area contributed by atoms with Gasteiger partial charge in [0.25, 0.3) is 0 Å². The standard InChI is InChI=1S/C13H26N2O.ClH/c1-2-16-11-10-15-9-8-14-12-13(15)6-4-3-5-7-13;/h14H,2-12H2,1H3;1H. The molecule has 2 fully saturated rings. The number of nitrogens with one attached hydrogen (secondary N) is 1. The molecule has 2 rings (SSSR count). The van der Waals surface area contributed by atoms with Crippen molar-refractivity contribution in [2.45, 2.75) is 44.6 Å². The average Bonchev–Trinajstić information content (AvgIpc) is 2.33. The third-order valence-corrected chi connectivity index (χ3v) is 4.18. The van der Waals surface area contributed by atoms with E-state index in [-0.39, 0.29) is 12.4 Å². The first-order chi connectivity index (χ1) is 7.87. The van der Waals surface area contributed by atoms with Gasteiger partial charge in [0.2, 0.25) is 0 Å². The molecule has 0 aromatic heterocycles. The minimum atomic E-state index is 0. The van der Waals surface area contributed by atoms with Gasteiger partial charge in [0, 0.05) is 38.3 Å². The molecule has 0 amide bonds. The van der Waals surface area contributed by atoms with Crippen LogP contribution < -0.4 is 5.32 Å². The van der Waals surface area contributed by atoms with E-state index < -0.39 is 0 Å². The lowest BCUT2D eigenvalue weighted by Gasteiger charge is -2.50. The maximum absolute atomic E-state index is 5.51. The summed E-state index contributed by atoms with van der Waals surface area (Å²) in [5, 5.41) is 3.58. The van der Waals surface area contributed by atoms with Gasteiger partial charge in [-0.25, -0.2) is 0 Å². The van der Waals surface area contributed by atoms with Crippen LogP contribution in [-0.2, 0) is 4.74 Å². The summed E-state index contributed by atoms with van der Waals surface area (Å²) in [5.74, 6) is 0. The van der Waals surface area contributed by atoms with E-state index in [0.29, 0.717) is 5.54 Å². The molecule has 0 radical (unpaired) electrons. The Balaban J connectivity index is 0.00000144. The first-order valence-corrected chi connectivity index (χ1v) is 6.91. The molecular formula is C13H27ClN2O. The molecule has 0 atom stereocenters. The van der Waals surface area contributed by atoms with Crippen LogP contribution in [0.4, 0.5) is 0 Å². The van der Waals surface area contributed by atoms with Crippen LogP contribution in [0.3, 0.4) is 0 Å². The summed E-state index contributed by atoms with van der Waals surface area (Å²) in [7, 11) is 0. The van der Waals surface area contributed by atoms with E-state index in [1.54, 1.807) is 0 Å². The Labute approximate surface area is 112 Å². The number of halogens is 1. The summed E-state index contributed by atoms with van der Waals surface area (Å²) >= 11 is 0. The van der Waals surface area contributed by atoms with Crippen molar-refractivity contribution in [3.8, 4) is 0 Å². The van der Waals surface area contributed by atoms with Crippen LogP contribution in [0.1, 0.15) is 39.0 Å². The first-order valence-electron chi connectivity index (χ1n) is 6.91. The summed E-state index contributed by atoms with van der Waals surface area (Å²) in [6.07, 6.45) is 7.01. The molecule has 17 heavy (non-hydrogen) atoms. The van der Waals surface area contributed by atoms with E-state index >= 15 is 0 Å². The molecule has 0 unspecified atom stereocenters. The quantitative estimate of drug-likeness (QED) is 0.785. The molecule has 2 aliphatic rings. The van der Waals surface area contributed by atoms with E-state index in [1.165, 1.54) is 45.2 Å². The van der Waals surface area contributed by atoms with Gasteiger partial charge in [0.1, 0.15) is 0 Å². The maximum Gasteiger partial charge on any atom is 0.0593 e. The predicted molar refractivity (Wildman–Crippen MR) is 74.0 cm³/mol. The normalized spacial score (nSPS) is 24.5. The highest BCUT2D eigenvalue weighted by Gasteiger charge is 2.39. The zero-order valence-electron chi connectivity index (χ0n) is 11.0. The van der Waals surface area contributed by atoms with Gasteiger partial charge in [-0.2, -0.15) is 0 Å². The molecule has 0 bridgehead atoms. The fraction of sp³-hybridized carbons (Fsp3) is 1.00. The fourth-order valence-corrected chi connectivity index (χ4v) is 3.26. The highest BCUT2D eigenvalue weighted by Crippen LogP contribution is 2.34. The van der Waals surface area contributed by atoms with Crippen LogP contribution in [0.25, 0.3) is 0 Å². The molecule has 4 heteroatoms. The lowest BCUT2D eigenvalue weighted by atomic mass is 9.79. The van der Waals surface area contributed by atoms with Gasteiger partial charge in [0.15, 0.2) is 0 Å². The average molecular weight is 263 g/mol. The van der Waals surface area contributed by atoms with Crippen LogP contribution in [-0.4, -0.2) is 49.8 Å². The summed E-state index contributed by atoms with van der Waals surface area (Å²) in [5.41, 5.74) is 0.466. The first kappa shape index (κ1) is 15.2. The highest BCUT2D eigenvalue weighted by atomic mass is 35.5. The Morgan fingerprint density at radius 2 is 2.00 bits per heavy atom. The second kappa shape index (κ2) is 7.57. The smallest absolute Gasteiger partial charge is 0.0593 e. The summed E-state index contributed by atoms with van der Waals surface area (Å²) < 4.78 is 5.51. The lowest BCUT2D eigenvalue weighted by molar-refractivity contribution is 0.00402. The Morgan fingerprint density at radius 1 is 1.24 bits per heavy atom. The molecule has 1 aliphatic heterocycles. The molecular weight excluding hydrogens is 236 g/mol. The molecule has 1 saturated carbocycles. The van der Waals surface area contributed by atoms with Crippen LogP contribution in [0.5, 0.6) is 0 Å². The monoisotopic (exact) mass is 262 g/mol. The Morgan fingerprint density at radius 3 is 2.71 bits per heavy atom. The van der Waals surface area contributed by atoms with E-state index in [0.717, 1.165) is 26.3 Å². The number of nitrogens with zero attached hydrogens (tertiary/aromatic N) is 1. The van der Waals surface area contributed by atoms with Crippen molar-refractivity contribution < 1.29 is 4.74 Å². The molecule has 1 saturated heterocycles. The van der Waals surface area contributed by atoms with Crippen molar-refractivity contribution in [1.29, 1.82) is 0 Å². The van der Waals surface area contributed by atoms with Crippen molar-refractivity contribution in [2.75, 3.05) is 39.4 Å². The van der Waals surface area contributed by atoms with Gasteiger partial charge < -0.3 is 10.1 Å². The molecule has 0 aromatic rings. The topological polar surface area (TPSA) is 24.5 Å². The Kier molecular flexibility index (Phi) is 6.78. The molecule has 102 valence electrons. The van der Waals surface area contributed by atoms with Crippen LogP contribution in [0, 0.1) is 0 Å². The lowest BCUT2D eigenvalue weighted by Crippen LogP contribution is -2.62. The molecule has 1 spiro atoms. The third kappa shape index (κ3) is 3.82. The largest absolute Gasteiger partial charge is 0.380 e. The molecule has 3 nitrogen and oxygen atoms in total. The van der Waals surface area contributed by atoms with Crippen LogP contribution in [0.15, 0.2) is 0 Å². The molecule has 1 heterocycles. The van der Waals surface area contributed by atoms with Gasteiger partial charge >= 0.3 is 0 Å². The molecule has 0 aromatic carbocycles. The van der Waals surface area contributed by atoms with Gasteiger partial charge in [-0.15, -0.1) is 12.4 Å². The second-order valence-electron chi connectivity index (χ2n) is 5.15. The van der Waals surface area contributed by atoms with Crippen molar-refractivity contribution in [1.82, 2.24) is 10.2 Å². The van der Waals surface area contributed by atoms with Crippen molar-refractivity contribution >= 4 is 12.4 Å². The van der Waals surface area contributed by atoms with Crippen LogP contribution in [0.2, 0.25) is 0 Å². The summed E-state index contributed by atoms with van der Waals surface area (Å²) in [6, 6.07) is 0. The Hall–Kier alpha value is 0.170. The van der Waals surface area contributed by atoms with Gasteiger partial charge in [0.05, 0.1) is 6.61 Å². The van der Waals surface area contributed by atoms with Crippen LogP contribution >= 0.6 is 12.4 Å². The Bertz CT molecular complexity index is 199. The van der Waals surface area contributed by atoms with Crippen molar-refractivity contribution in [3.63, 3.8) is 0 Å². The van der Waals surface area contributed by atoms with Gasteiger partial charge in [-0.3, -0.25) is 4.90 Å².